The molecule has 3 aromatic carbocycles. The SMILES string of the molecule is CCOc1ccccc1NC(=O)CNc1ccccc1Sc1ccccc1. The van der Waals surface area contributed by atoms with Crippen LogP contribution in [0.2, 0.25) is 0 Å². The van der Waals surface area contributed by atoms with Gasteiger partial charge in [0.05, 0.1) is 18.8 Å². The summed E-state index contributed by atoms with van der Waals surface area (Å²) in [5.74, 6) is 0.551. The van der Waals surface area contributed by atoms with Crippen LogP contribution < -0.4 is 15.4 Å². The van der Waals surface area contributed by atoms with E-state index in [0.29, 0.717) is 18.0 Å². The van der Waals surface area contributed by atoms with Crippen LogP contribution >= 0.6 is 11.8 Å². The number of carbonyl (C=O) groups is 1. The first-order valence-electron chi connectivity index (χ1n) is 8.83. The first-order valence-corrected chi connectivity index (χ1v) is 9.65. The van der Waals surface area contributed by atoms with Crippen LogP contribution in [0.4, 0.5) is 11.4 Å². The first-order chi connectivity index (χ1) is 13.3. The molecule has 138 valence electrons. The van der Waals surface area contributed by atoms with Crippen LogP contribution in [0.1, 0.15) is 6.92 Å². The lowest BCUT2D eigenvalue weighted by Crippen LogP contribution is -2.22. The van der Waals surface area contributed by atoms with E-state index in [4.69, 9.17) is 4.74 Å². The molecule has 0 aliphatic rings. The number of para-hydroxylation sites is 3. The third kappa shape index (κ3) is 5.53. The summed E-state index contributed by atoms with van der Waals surface area (Å²) in [7, 11) is 0. The maximum Gasteiger partial charge on any atom is 0.243 e. The van der Waals surface area contributed by atoms with Crippen molar-refractivity contribution in [3.63, 3.8) is 0 Å². The Morgan fingerprint density at radius 1 is 0.889 bits per heavy atom. The molecule has 0 aliphatic heterocycles. The smallest absolute Gasteiger partial charge is 0.243 e. The Morgan fingerprint density at radius 2 is 1.56 bits per heavy atom. The van der Waals surface area contributed by atoms with Gasteiger partial charge in [-0.1, -0.05) is 54.2 Å². The zero-order valence-corrected chi connectivity index (χ0v) is 16.0. The molecule has 0 fully saturated rings. The number of amides is 1. The second kappa shape index (κ2) is 9.69. The molecule has 3 rings (SSSR count). The summed E-state index contributed by atoms with van der Waals surface area (Å²) < 4.78 is 5.55. The Balaban J connectivity index is 1.63. The van der Waals surface area contributed by atoms with Gasteiger partial charge in [-0.2, -0.15) is 0 Å². The van der Waals surface area contributed by atoms with E-state index in [1.54, 1.807) is 11.8 Å². The van der Waals surface area contributed by atoms with Gasteiger partial charge in [-0.25, -0.2) is 0 Å². The zero-order chi connectivity index (χ0) is 18.9. The maximum atomic E-state index is 12.4. The Bertz CT molecular complexity index is 884. The van der Waals surface area contributed by atoms with Gasteiger partial charge in [0.15, 0.2) is 0 Å². The highest BCUT2D eigenvalue weighted by Gasteiger charge is 2.09. The van der Waals surface area contributed by atoms with Crippen molar-refractivity contribution in [2.24, 2.45) is 0 Å². The number of carbonyl (C=O) groups excluding carboxylic acids is 1. The van der Waals surface area contributed by atoms with Crippen LogP contribution in [0, 0.1) is 0 Å². The van der Waals surface area contributed by atoms with Crippen molar-refractivity contribution >= 4 is 29.0 Å². The minimum absolute atomic E-state index is 0.123. The van der Waals surface area contributed by atoms with Gasteiger partial charge in [-0.05, 0) is 43.3 Å². The number of hydrogen-bond donors (Lipinski definition) is 2. The number of benzene rings is 3. The van der Waals surface area contributed by atoms with Crippen molar-refractivity contribution in [1.29, 1.82) is 0 Å². The van der Waals surface area contributed by atoms with Gasteiger partial charge in [0.1, 0.15) is 5.75 Å². The quantitative estimate of drug-likeness (QED) is 0.559. The fourth-order valence-corrected chi connectivity index (χ4v) is 3.48. The van der Waals surface area contributed by atoms with E-state index >= 15 is 0 Å². The van der Waals surface area contributed by atoms with Gasteiger partial charge in [-0.15, -0.1) is 0 Å². The highest BCUT2D eigenvalue weighted by atomic mass is 32.2. The Hall–Kier alpha value is -2.92. The summed E-state index contributed by atoms with van der Waals surface area (Å²) in [6.45, 7) is 2.64. The van der Waals surface area contributed by atoms with E-state index in [9.17, 15) is 4.79 Å². The molecule has 0 atom stereocenters. The largest absolute Gasteiger partial charge is 0.492 e. The van der Waals surface area contributed by atoms with Crippen LogP contribution in [0.25, 0.3) is 0 Å². The average molecular weight is 378 g/mol. The van der Waals surface area contributed by atoms with Crippen molar-refractivity contribution in [3.8, 4) is 5.75 Å². The monoisotopic (exact) mass is 378 g/mol. The lowest BCUT2D eigenvalue weighted by Gasteiger charge is -2.13. The predicted octanol–water partition coefficient (Wildman–Crippen LogP) is 5.29. The standard InChI is InChI=1S/C22H22N2O2S/c1-2-26-20-14-8-6-12-18(20)24-22(25)16-23-19-13-7-9-15-21(19)27-17-10-4-3-5-11-17/h3-15,23H,2,16H2,1H3,(H,24,25). The molecule has 0 aromatic heterocycles. The van der Waals surface area contributed by atoms with Crippen LogP contribution in [0.15, 0.2) is 88.7 Å². The Labute approximate surface area is 164 Å². The average Bonchev–Trinajstić information content (AvgIpc) is 2.70. The number of ether oxygens (including phenoxy) is 1. The van der Waals surface area contributed by atoms with Gasteiger partial charge >= 0.3 is 0 Å². The molecule has 2 N–H and O–H groups in total. The second-order valence-electron chi connectivity index (χ2n) is 5.74. The van der Waals surface area contributed by atoms with E-state index in [0.717, 1.165) is 15.5 Å². The summed E-state index contributed by atoms with van der Waals surface area (Å²) in [5, 5.41) is 6.13. The number of hydrogen-bond acceptors (Lipinski definition) is 4. The summed E-state index contributed by atoms with van der Waals surface area (Å²) in [4.78, 5) is 14.6. The topological polar surface area (TPSA) is 50.4 Å². The fourth-order valence-electron chi connectivity index (χ4n) is 2.54. The van der Waals surface area contributed by atoms with E-state index in [1.807, 2.05) is 73.7 Å². The van der Waals surface area contributed by atoms with Crippen molar-refractivity contribution < 1.29 is 9.53 Å². The van der Waals surface area contributed by atoms with Crippen LogP contribution in [0.5, 0.6) is 5.75 Å². The second-order valence-corrected chi connectivity index (χ2v) is 6.86. The normalized spacial score (nSPS) is 10.3. The van der Waals surface area contributed by atoms with E-state index < -0.39 is 0 Å². The molecule has 0 aliphatic carbocycles. The Morgan fingerprint density at radius 3 is 2.33 bits per heavy atom. The molecule has 0 heterocycles. The van der Waals surface area contributed by atoms with Gasteiger partial charge in [0.25, 0.3) is 0 Å². The summed E-state index contributed by atoms with van der Waals surface area (Å²) in [6, 6.07) is 25.6. The molecule has 0 spiro atoms. The fraction of sp³-hybridized carbons (Fsp3) is 0.136. The third-order valence-corrected chi connectivity index (χ3v) is 4.84. The number of nitrogens with one attached hydrogen (secondary N) is 2. The summed E-state index contributed by atoms with van der Waals surface area (Å²) in [5.41, 5.74) is 1.61. The lowest BCUT2D eigenvalue weighted by molar-refractivity contribution is -0.114. The van der Waals surface area contributed by atoms with E-state index in [-0.39, 0.29) is 12.5 Å². The van der Waals surface area contributed by atoms with Crippen LogP contribution in [-0.4, -0.2) is 19.1 Å². The van der Waals surface area contributed by atoms with Crippen LogP contribution in [-0.2, 0) is 4.79 Å². The molecule has 0 radical (unpaired) electrons. The maximum absolute atomic E-state index is 12.4. The van der Waals surface area contributed by atoms with E-state index in [2.05, 4.69) is 22.8 Å². The molecule has 0 bridgehead atoms. The third-order valence-electron chi connectivity index (χ3n) is 3.76. The Kier molecular flexibility index (Phi) is 6.77. The predicted molar refractivity (Wildman–Crippen MR) is 112 cm³/mol. The number of anilines is 2. The van der Waals surface area contributed by atoms with Crippen molar-refractivity contribution in [3.05, 3.63) is 78.9 Å². The lowest BCUT2D eigenvalue weighted by atomic mass is 10.3. The van der Waals surface area contributed by atoms with Crippen molar-refractivity contribution in [2.75, 3.05) is 23.8 Å². The van der Waals surface area contributed by atoms with Crippen molar-refractivity contribution in [2.45, 2.75) is 16.7 Å². The van der Waals surface area contributed by atoms with Crippen LogP contribution in [0.3, 0.4) is 0 Å². The molecule has 0 saturated carbocycles. The van der Waals surface area contributed by atoms with Gasteiger partial charge < -0.3 is 15.4 Å². The summed E-state index contributed by atoms with van der Waals surface area (Å²) in [6.07, 6.45) is 0. The molecule has 5 heteroatoms. The molecule has 4 nitrogen and oxygen atoms in total. The molecule has 3 aromatic rings. The van der Waals surface area contributed by atoms with E-state index in [1.165, 1.54) is 0 Å². The molecule has 0 unspecified atom stereocenters. The van der Waals surface area contributed by atoms with Gasteiger partial charge in [0, 0.05) is 15.5 Å². The minimum Gasteiger partial charge on any atom is -0.492 e. The highest BCUT2D eigenvalue weighted by molar-refractivity contribution is 7.99. The highest BCUT2D eigenvalue weighted by Crippen LogP contribution is 2.33. The zero-order valence-electron chi connectivity index (χ0n) is 15.1. The molecular weight excluding hydrogens is 356 g/mol. The summed E-state index contributed by atoms with van der Waals surface area (Å²) >= 11 is 1.66. The molecular formula is C22H22N2O2S. The first kappa shape index (κ1) is 18.9. The van der Waals surface area contributed by atoms with Crippen molar-refractivity contribution in [1.82, 2.24) is 0 Å². The van der Waals surface area contributed by atoms with Gasteiger partial charge in [-0.3, -0.25) is 4.79 Å². The molecule has 1 amide bonds. The van der Waals surface area contributed by atoms with Gasteiger partial charge in [0.2, 0.25) is 5.91 Å². The molecule has 0 saturated heterocycles. The number of rotatable bonds is 8. The minimum atomic E-state index is -0.123. The molecule has 27 heavy (non-hydrogen) atoms.